The average molecular weight is 436 g/mol. The first kappa shape index (κ1) is 21.0. The van der Waals surface area contributed by atoms with Gasteiger partial charge in [0, 0.05) is 24.5 Å². The van der Waals surface area contributed by atoms with Gasteiger partial charge in [-0.25, -0.2) is 13.6 Å². The van der Waals surface area contributed by atoms with Crippen LogP contribution in [-0.2, 0) is 4.84 Å². The Hall–Kier alpha value is -3.21. The highest BCUT2D eigenvalue weighted by atomic mass is 19.1. The normalized spacial score (nSPS) is 22.4. The summed E-state index contributed by atoms with van der Waals surface area (Å²) in [6.07, 6.45) is 0.930. The summed E-state index contributed by atoms with van der Waals surface area (Å²) in [6.45, 7) is 2.34. The zero-order valence-electron chi connectivity index (χ0n) is 17.0. The molecule has 1 saturated carbocycles. The zero-order chi connectivity index (χ0) is 22.5. The maximum absolute atomic E-state index is 15.8. The summed E-state index contributed by atoms with van der Waals surface area (Å²) < 4.78 is 36.9. The summed E-state index contributed by atoms with van der Waals surface area (Å²) in [4.78, 5) is 30.0. The fraction of sp³-hybridized carbons (Fsp3) is 0.450. The molecule has 2 aromatic rings. The first-order valence-corrected chi connectivity index (χ1v) is 9.73. The number of hydrogen-bond donors (Lipinski definition) is 2. The van der Waals surface area contributed by atoms with Crippen LogP contribution >= 0.6 is 0 Å². The van der Waals surface area contributed by atoms with Crippen molar-refractivity contribution >= 4 is 28.5 Å². The maximum atomic E-state index is 15.8. The lowest BCUT2D eigenvalue weighted by atomic mass is 9.88. The Balaban J connectivity index is 1.91. The SMILES string of the molecule is CO/N=C1\CN(c2c(F)cc3c(=O)c(OC(=O)O)cn(C4CC4)c3c2F)CC1(C)CN. The number of aromatic nitrogens is 1. The van der Waals surface area contributed by atoms with Gasteiger partial charge in [-0.1, -0.05) is 12.1 Å². The highest BCUT2D eigenvalue weighted by Crippen LogP contribution is 2.41. The second-order valence-corrected chi connectivity index (χ2v) is 8.09. The van der Waals surface area contributed by atoms with Crippen LogP contribution in [0.2, 0.25) is 0 Å². The number of halogens is 2. The van der Waals surface area contributed by atoms with Crippen molar-refractivity contribution in [3.8, 4) is 5.75 Å². The van der Waals surface area contributed by atoms with Crippen LogP contribution in [0.15, 0.2) is 22.2 Å². The van der Waals surface area contributed by atoms with Crippen LogP contribution in [0, 0.1) is 17.0 Å². The standard InChI is InChI=1S/C20H22F2N4O5/c1-20(8-23)9-25(7-14(20)24-30-2)17-12(21)5-11-16(15(17)22)26(10-3-4-10)6-13(18(11)27)31-19(28)29/h5-6,10H,3-4,7-9,23H2,1-2H3,(H,28,29)/b24-14+. The van der Waals surface area contributed by atoms with Crippen molar-refractivity contribution in [1.29, 1.82) is 0 Å². The van der Waals surface area contributed by atoms with Gasteiger partial charge in [-0.15, -0.1) is 0 Å². The number of rotatable bonds is 5. The lowest BCUT2D eigenvalue weighted by Gasteiger charge is -2.25. The van der Waals surface area contributed by atoms with Crippen LogP contribution in [0.5, 0.6) is 5.75 Å². The Morgan fingerprint density at radius 2 is 2.13 bits per heavy atom. The Bertz CT molecular complexity index is 1160. The van der Waals surface area contributed by atoms with E-state index in [0.29, 0.717) is 5.71 Å². The fourth-order valence-corrected chi connectivity index (χ4v) is 4.03. The van der Waals surface area contributed by atoms with Crippen molar-refractivity contribution in [3.63, 3.8) is 0 Å². The number of pyridine rings is 1. The van der Waals surface area contributed by atoms with E-state index in [1.54, 1.807) is 0 Å². The number of fused-ring (bicyclic) bond motifs is 1. The number of benzene rings is 1. The largest absolute Gasteiger partial charge is 0.511 e. The van der Waals surface area contributed by atoms with Gasteiger partial charge in [0.1, 0.15) is 18.6 Å². The Labute approximate surface area is 175 Å². The van der Waals surface area contributed by atoms with Gasteiger partial charge < -0.3 is 29.9 Å². The minimum Gasteiger partial charge on any atom is -0.449 e. The average Bonchev–Trinajstić information content (AvgIpc) is 3.49. The molecule has 11 heteroatoms. The van der Waals surface area contributed by atoms with E-state index in [2.05, 4.69) is 9.89 Å². The molecule has 9 nitrogen and oxygen atoms in total. The summed E-state index contributed by atoms with van der Waals surface area (Å²) in [5.74, 6) is -2.35. The molecule has 2 heterocycles. The van der Waals surface area contributed by atoms with Crippen molar-refractivity contribution in [2.75, 3.05) is 31.6 Å². The van der Waals surface area contributed by atoms with Crippen LogP contribution < -0.4 is 20.8 Å². The summed E-state index contributed by atoms with van der Waals surface area (Å²) in [7, 11) is 1.38. The van der Waals surface area contributed by atoms with E-state index in [0.717, 1.165) is 18.9 Å². The quantitative estimate of drug-likeness (QED) is 0.546. The lowest BCUT2D eigenvalue weighted by molar-refractivity contribution is 0.143. The summed E-state index contributed by atoms with van der Waals surface area (Å²) in [6, 6.07) is 0.792. The molecule has 1 aliphatic heterocycles. The highest BCUT2D eigenvalue weighted by Gasteiger charge is 2.42. The number of ether oxygens (including phenoxy) is 1. The maximum Gasteiger partial charge on any atom is 0.511 e. The number of hydrogen-bond acceptors (Lipinski definition) is 7. The highest BCUT2D eigenvalue weighted by molar-refractivity contribution is 5.98. The van der Waals surface area contributed by atoms with Crippen LogP contribution in [0.1, 0.15) is 25.8 Å². The van der Waals surface area contributed by atoms with Crippen molar-refractivity contribution < 1.29 is 28.3 Å². The zero-order valence-corrected chi connectivity index (χ0v) is 17.0. The first-order chi connectivity index (χ1) is 14.7. The van der Waals surface area contributed by atoms with Gasteiger partial charge in [0.05, 0.1) is 29.4 Å². The molecule has 1 aromatic carbocycles. The van der Waals surface area contributed by atoms with E-state index in [1.807, 2.05) is 6.92 Å². The van der Waals surface area contributed by atoms with Gasteiger partial charge in [0.25, 0.3) is 0 Å². The molecule has 1 aromatic heterocycles. The summed E-state index contributed by atoms with van der Waals surface area (Å²) >= 11 is 0. The van der Waals surface area contributed by atoms with Gasteiger partial charge in [-0.2, -0.15) is 0 Å². The van der Waals surface area contributed by atoms with E-state index in [1.165, 1.54) is 22.8 Å². The van der Waals surface area contributed by atoms with Crippen LogP contribution in [-0.4, -0.2) is 48.3 Å². The van der Waals surface area contributed by atoms with Crippen molar-refractivity contribution in [3.05, 3.63) is 34.1 Å². The third kappa shape index (κ3) is 3.48. The number of oxime groups is 1. The first-order valence-electron chi connectivity index (χ1n) is 9.73. The summed E-state index contributed by atoms with van der Waals surface area (Å²) in [5, 5.41) is 12.6. The predicted molar refractivity (Wildman–Crippen MR) is 109 cm³/mol. The molecule has 1 atom stereocenters. The van der Waals surface area contributed by atoms with E-state index in [-0.39, 0.29) is 42.3 Å². The van der Waals surface area contributed by atoms with Gasteiger partial charge in [-0.3, -0.25) is 4.79 Å². The second kappa shape index (κ2) is 7.49. The molecule has 0 amide bonds. The molecule has 0 spiro atoms. The van der Waals surface area contributed by atoms with E-state index in [4.69, 9.17) is 15.7 Å². The Morgan fingerprint density at radius 1 is 1.42 bits per heavy atom. The minimum atomic E-state index is -1.68. The lowest BCUT2D eigenvalue weighted by Crippen LogP contribution is -2.36. The fourth-order valence-electron chi connectivity index (χ4n) is 4.03. The molecular formula is C20H22F2N4O5. The minimum absolute atomic E-state index is 0.0896. The molecule has 0 radical (unpaired) electrons. The van der Waals surface area contributed by atoms with E-state index < -0.39 is 34.4 Å². The number of carbonyl (C=O) groups is 1. The van der Waals surface area contributed by atoms with Crippen molar-refractivity contribution in [2.45, 2.75) is 25.8 Å². The van der Waals surface area contributed by atoms with Crippen molar-refractivity contribution in [1.82, 2.24) is 4.57 Å². The predicted octanol–water partition coefficient (Wildman–Crippen LogP) is 2.46. The third-order valence-corrected chi connectivity index (χ3v) is 5.83. The molecule has 1 unspecified atom stereocenters. The molecule has 1 aliphatic carbocycles. The molecule has 0 bridgehead atoms. The van der Waals surface area contributed by atoms with Crippen LogP contribution in [0.4, 0.5) is 19.3 Å². The monoisotopic (exact) mass is 436 g/mol. The van der Waals surface area contributed by atoms with E-state index in [9.17, 15) is 9.59 Å². The van der Waals surface area contributed by atoms with Gasteiger partial charge in [-0.05, 0) is 18.9 Å². The molecule has 2 fully saturated rings. The third-order valence-electron chi connectivity index (χ3n) is 5.83. The van der Waals surface area contributed by atoms with Crippen molar-refractivity contribution in [2.24, 2.45) is 16.3 Å². The molecule has 1 saturated heterocycles. The van der Waals surface area contributed by atoms with Crippen LogP contribution in [0.3, 0.4) is 0 Å². The van der Waals surface area contributed by atoms with Gasteiger partial charge >= 0.3 is 6.16 Å². The molecule has 3 N–H and O–H groups in total. The number of nitrogens with zero attached hydrogens (tertiary/aromatic N) is 3. The molecule has 4 rings (SSSR count). The Morgan fingerprint density at radius 3 is 2.71 bits per heavy atom. The number of carboxylic acid groups (broad SMARTS) is 1. The topological polar surface area (TPSA) is 119 Å². The van der Waals surface area contributed by atoms with Crippen LogP contribution in [0.25, 0.3) is 10.9 Å². The molecule has 166 valence electrons. The number of nitrogens with two attached hydrogens (primary N) is 1. The number of anilines is 1. The molecular weight excluding hydrogens is 414 g/mol. The van der Waals surface area contributed by atoms with E-state index >= 15 is 8.78 Å². The Kier molecular flexibility index (Phi) is 5.08. The second-order valence-electron chi connectivity index (χ2n) is 8.09. The molecule has 2 aliphatic rings. The van der Waals surface area contributed by atoms with Gasteiger partial charge in [0.2, 0.25) is 5.43 Å². The smallest absolute Gasteiger partial charge is 0.449 e. The van der Waals surface area contributed by atoms with Gasteiger partial charge in [0.15, 0.2) is 11.6 Å². The molecule has 31 heavy (non-hydrogen) atoms. The summed E-state index contributed by atoms with van der Waals surface area (Å²) in [5.41, 5.74) is 4.52.